The van der Waals surface area contributed by atoms with Crippen molar-refractivity contribution in [3.63, 3.8) is 0 Å². The maximum absolute atomic E-state index is 12.9. The van der Waals surface area contributed by atoms with Gasteiger partial charge in [0, 0.05) is 6.07 Å². The first kappa shape index (κ1) is 9.04. The predicted molar refractivity (Wildman–Crippen MR) is 46.9 cm³/mol. The van der Waals surface area contributed by atoms with Gasteiger partial charge in [0.1, 0.15) is 11.6 Å². The molecule has 66 valence electrons. The largest absolute Gasteiger partial charge is 0.494 e. The van der Waals surface area contributed by atoms with Gasteiger partial charge in [-0.2, -0.15) is 0 Å². The fraction of sp³-hybridized carbons (Fsp3) is 0.400. The smallest absolute Gasteiger partial charge is 0.127 e. The van der Waals surface area contributed by atoms with E-state index in [-0.39, 0.29) is 5.82 Å². The highest BCUT2D eigenvalue weighted by molar-refractivity contribution is 5.29. The van der Waals surface area contributed by atoms with E-state index in [1.807, 2.05) is 19.9 Å². The number of hydrogen-bond acceptors (Lipinski definition) is 1. The Balaban J connectivity index is 2.90. The molecule has 1 aromatic carbocycles. The lowest BCUT2D eigenvalue weighted by atomic mass is 10.1. The molecule has 0 saturated heterocycles. The summed E-state index contributed by atoms with van der Waals surface area (Å²) in [6, 6.07) is 4.80. The molecule has 2 heteroatoms. The molecule has 0 aliphatic rings. The van der Waals surface area contributed by atoms with Gasteiger partial charge in [0.2, 0.25) is 0 Å². The van der Waals surface area contributed by atoms with Crippen LogP contribution in [0.2, 0.25) is 0 Å². The lowest BCUT2D eigenvalue weighted by Crippen LogP contribution is -1.93. The van der Waals surface area contributed by atoms with Crippen LogP contribution in [0.5, 0.6) is 5.75 Å². The lowest BCUT2D eigenvalue weighted by molar-refractivity contribution is 0.338. The second kappa shape index (κ2) is 4.10. The van der Waals surface area contributed by atoms with Crippen LogP contribution in [0.4, 0.5) is 4.39 Å². The van der Waals surface area contributed by atoms with Gasteiger partial charge < -0.3 is 4.74 Å². The van der Waals surface area contributed by atoms with Crippen LogP contribution in [0.3, 0.4) is 0 Å². The third kappa shape index (κ3) is 2.22. The Morgan fingerprint density at radius 2 is 2.00 bits per heavy atom. The summed E-state index contributed by atoms with van der Waals surface area (Å²) in [6.45, 7) is 4.45. The molecule has 0 unspecified atom stereocenters. The summed E-state index contributed by atoms with van der Waals surface area (Å²) in [5.74, 6) is 0.396. The normalized spacial score (nSPS) is 9.92. The van der Waals surface area contributed by atoms with Crippen molar-refractivity contribution in [2.75, 3.05) is 6.61 Å². The molecule has 12 heavy (non-hydrogen) atoms. The van der Waals surface area contributed by atoms with E-state index in [0.29, 0.717) is 12.4 Å². The Morgan fingerprint density at radius 1 is 1.25 bits per heavy atom. The third-order valence-electron chi connectivity index (χ3n) is 1.65. The number of halogens is 1. The van der Waals surface area contributed by atoms with Crippen LogP contribution in [0.1, 0.15) is 19.4 Å². The third-order valence-corrected chi connectivity index (χ3v) is 1.65. The maximum Gasteiger partial charge on any atom is 0.127 e. The predicted octanol–water partition coefficient (Wildman–Crippen LogP) is 2.79. The monoisotopic (exact) mass is 168 g/mol. The number of ether oxygens (including phenoxy) is 1. The molecule has 0 radical (unpaired) electrons. The molecule has 1 rings (SSSR count). The van der Waals surface area contributed by atoms with E-state index in [1.165, 1.54) is 12.1 Å². The van der Waals surface area contributed by atoms with E-state index in [0.717, 1.165) is 12.0 Å². The van der Waals surface area contributed by atoms with Crippen LogP contribution in [0, 0.1) is 5.82 Å². The first-order valence-electron chi connectivity index (χ1n) is 4.18. The van der Waals surface area contributed by atoms with E-state index in [2.05, 4.69) is 0 Å². The minimum Gasteiger partial charge on any atom is -0.494 e. The van der Waals surface area contributed by atoms with Gasteiger partial charge in [-0.25, -0.2) is 4.39 Å². The van der Waals surface area contributed by atoms with Crippen LogP contribution in [-0.4, -0.2) is 6.61 Å². The Kier molecular flexibility index (Phi) is 3.09. The van der Waals surface area contributed by atoms with Gasteiger partial charge in [-0.3, -0.25) is 0 Å². The SMILES string of the molecule is CCOc1cc(F)cc(CC)c1. The molecule has 0 amide bonds. The second-order valence-electron chi connectivity index (χ2n) is 2.58. The topological polar surface area (TPSA) is 9.23 Å². The highest BCUT2D eigenvalue weighted by Gasteiger charge is 1.98. The van der Waals surface area contributed by atoms with Crippen molar-refractivity contribution in [3.05, 3.63) is 29.6 Å². The average molecular weight is 168 g/mol. The molecule has 0 saturated carbocycles. The van der Waals surface area contributed by atoms with Crippen molar-refractivity contribution in [3.8, 4) is 5.75 Å². The summed E-state index contributed by atoms with van der Waals surface area (Å²) in [4.78, 5) is 0. The minimum atomic E-state index is -0.224. The average Bonchev–Trinajstić information content (AvgIpc) is 2.04. The lowest BCUT2D eigenvalue weighted by Gasteiger charge is -2.04. The summed E-state index contributed by atoms with van der Waals surface area (Å²) in [7, 11) is 0. The van der Waals surface area contributed by atoms with Crippen LogP contribution >= 0.6 is 0 Å². The van der Waals surface area contributed by atoms with E-state index < -0.39 is 0 Å². The molecule has 0 heterocycles. The Bertz CT molecular complexity index is 258. The molecule has 0 bridgehead atoms. The van der Waals surface area contributed by atoms with Gasteiger partial charge in [0.05, 0.1) is 6.61 Å². The van der Waals surface area contributed by atoms with Crippen LogP contribution in [0.25, 0.3) is 0 Å². The highest BCUT2D eigenvalue weighted by atomic mass is 19.1. The quantitative estimate of drug-likeness (QED) is 0.674. The van der Waals surface area contributed by atoms with Crippen molar-refractivity contribution in [1.29, 1.82) is 0 Å². The minimum absolute atomic E-state index is 0.224. The molecule has 0 spiro atoms. The molecular formula is C10H13FO. The van der Waals surface area contributed by atoms with E-state index in [4.69, 9.17) is 4.74 Å². The van der Waals surface area contributed by atoms with Crippen molar-refractivity contribution < 1.29 is 9.13 Å². The van der Waals surface area contributed by atoms with Crippen LogP contribution in [-0.2, 0) is 6.42 Å². The van der Waals surface area contributed by atoms with Gasteiger partial charge >= 0.3 is 0 Å². The van der Waals surface area contributed by atoms with Gasteiger partial charge in [0.25, 0.3) is 0 Å². The number of hydrogen-bond donors (Lipinski definition) is 0. The van der Waals surface area contributed by atoms with Gasteiger partial charge in [-0.15, -0.1) is 0 Å². The van der Waals surface area contributed by atoms with Crippen LogP contribution < -0.4 is 4.74 Å². The Hall–Kier alpha value is -1.05. The fourth-order valence-electron chi connectivity index (χ4n) is 1.07. The fourth-order valence-corrected chi connectivity index (χ4v) is 1.07. The van der Waals surface area contributed by atoms with E-state index in [9.17, 15) is 4.39 Å². The molecule has 0 N–H and O–H groups in total. The summed E-state index contributed by atoms with van der Waals surface area (Å²) < 4.78 is 18.0. The molecule has 0 fully saturated rings. The second-order valence-corrected chi connectivity index (χ2v) is 2.58. The summed E-state index contributed by atoms with van der Waals surface area (Å²) in [6.07, 6.45) is 0.831. The van der Waals surface area contributed by atoms with E-state index in [1.54, 1.807) is 0 Å². The zero-order valence-electron chi connectivity index (χ0n) is 7.43. The van der Waals surface area contributed by atoms with Crippen LogP contribution in [0.15, 0.2) is 18.2 Å². The molecule has 0 aromatic heterocycles. The molecule has 0 aliphatic carbocycles. The van der Waals surface area contributed by atoms with Crippen molar-refractivity contribution in [2.45, 2.75) is 20.3 Å². The molecule has 1 aromatic rings. The van der Waals surface area contributed by atoms with Crippen molar-refractivity contribution in [2.24, 2.45) is 0 Å². The number of rotatable bonds is 3. The maximum atomic E-state index is 12.9. The van der Waals surface area contributed by atoms with Gasteiger partial charge in [-0.05, 0) is 31.0 Å². The highest BCUT2D eigenvalue weighted by Crippen LogP contribution is 2.16. The Morgan fingerprint density at radius 3 is 2.58 bits per heavy atom. The standard InChI is InChI=1S/C10H13FO/c1-3-8-5-9(11)7-10(6-8)12-4-2/h5-7H,3-4H2,1-2H3. The molecule has 0 aliphatic heterocycles. The van der Waals surface area contributed by atoms with Crippen molar-refractivity contribution in [1.82, 2.24) is 0 Å². The molecule has 0 atom stereocenters. The van der Waals surface area contributed by atoms with E-state index >= 15 is 0 Å². The summed E-state index contributed by atoms with van der Waals surface area (Å²) >= 11 is 0. The zero-order chi connectivity index (χ0) is 8.97. The molecular weight excluding hydrogens is 155 g/mol. The zero-order valence-corrected chi connectivity index (χ0v) is 7.43. The summed E-state index contributed by atoms with van der Waals surface area (Å²) in [5, 5.41) is 0. The van der Waals surface area contributed by atoms with Gasteiger partial charge in [0.15, 0.2) is 0 Å². The first-order valence-corrected chi connectivity index (χ1v) is 4.18. The number of benzene rings is 1. The summed E-state index contributed by atoms with van der Waals surface area (Å²) in [5.41, 5.74) is 0.971. The Labute approximate surface area is 72.2 Å². The molecule has 1 nitrogen and oxygen atoms in total. The first-order chi connectivity index (χ1) is 5.76. The van der Waals surface area contributed by atoms with Crippen molar-refractivity contribution >= 4 is 0 Å². The number of aryl methyl sites for hydroxylation is 1. The van der Waals surface area contributed by atoms with Gasteiger partial charge in [-0.1, -0.05) is 6.92 Å².